The summed E-state index contributed by atoms with van der Waals surface area (Å²) in [6.45, 7) is 2.20. The van der Waals surface area contributed by atoms with Gasteiger partial charge in [0.25, 0.3) is 5.91 Å². The summed E-state index contributed by atoms with van der Waals surface area (Å²) in [7, 11) is 2.15. The normalized spacial score (nSPS) is 14.9. The van der Waals surface area contributed by atoms with Gasteiger partial charge in [0.1, 0.15) is 5.82 Å². The van der Waals surface area contributed by atoms with Crippen LogP contribution in [0.1, 0.15) is 34.7 Å². The Morgan fingerprint density at radius 2 is 1.85 bits per heavy atom. The lowest BCUT2D eigenvalue weighted by Gasteiger charge is -2.29. The van der Waals surface area contributed by atoms with Crippen molar-refractivity contribution < 1.29 is 9.18 Å². The second-order valence-electron chi connectivity index (χ2n) is 8.74. The van der Waals surface area contributed by atoms with Gasteiger partial charge in [0.05, 0.1) is 11.2 Å². The minimum atomic E-state index is -0.438. The highest BCUT2D eigenvalue weighted by atomic mass is 35.5. The number of likely N-dealkylation sites (tertiary alicyclic amines) is 1. The lowest BCUT2D eigenvalue weighted by molar-refractivity contribution is 0.102. The van der Waals surface area contributed by atoms with Crippen LogP contribution >= 0.6 is 11.6 Å². The minimum absolute atomic E-state index is 0.214. The second kappa shape index (κ2) is 9.44. The number of carbonyl (C=O) groups is 1. The number of fused-ring (bicyclic) bond motifs is 1. The van der Waals surface area contributed by atoms with Crippen molar-refractivity contribution in [3.05, 3.63) is 82.6 Å². The van der Waals surface area contributed by atoms with E-state index in [1.54, 1.807) is 18.2 Å². The molecule has 6 nitrogen and oxygen atoms in total. The fourth-order valence-electron chi connectivity index (χ4n) is 4.37. The number of halogens is 2. The summed E-state index contributed by atoms with van der Waals surface area (Å²) in [4.78, 5) is 15.2. The smallest absolute Gasteiger partial charge is 0.256 e. The van der Waals surface area contributed by atoms with Crippen molar-refractivity contribution in [3.63, 3.8) is 0 Å². The first-order valence-electron chi connectivity index (χ1n) is 11.3. The molecule has 0 saturated carbocycles. The molecule has 174 valence electrons. The van der Waals surface area contributed by atoms with Crippen LogP contribution in [-0.4, -0.2) is 41.1 Å². The predicted octanol–water partition coefficient (Wildman–Crippen LogP) is 6.16. The number of piperidine rings is 1. The third kappa shape index (κ3) is 4.76. The number of hydrogen-bond acceptors (Lipinski definition) is 4. The molecule has 0 radical (unpaired) electrons. The summed E-state index contributed by atoms with van der Waals surface area (Å²) >= 11 is 5.82. The Kier molecular flexibility index (Phi) is 6.22. The fraction of sp³-hybridized carbons (Fsp3) is 0.231. The maximum absolute atomic E-state index is 14.1. The zero-order chi connectivity index (χ0) is 23.7. The van der Waals surface area contributed by atoms with Gasteiger partial charge in [-0.25, -0.2) is 4.39 Å². The standard InChI is InChI=1S/C26H25ClFN5O/c1-33-12-10-17(11-13-33)16-2-4-18(5-3-16)26(34)30-25-21-8-7-20(15-24(21)31-32-25)29-23-9-6-19(27)14-22(23)28/h2-9,14-15,17,29H,10-13H2,1H3,(H2,30,31,32,34). The molecule has 1 aliphatic rings. The van der Waals surface area contributed by atoms with Gasteiger partial charge in [-0.05, 0) is 93.0 Å². The Bertz CT molecular complexity index is 1330. The molecule has 0 aliphatic carbocycles. The summed E-state index contributed by atoms with van der Waals surface area (Å²) < 4.78 is 14.1. The topological polar surface area (TPSA) is 73.0 Å². The van der Waals surface area contributed by atoms with Crippen LogP contribution in [0.25, 0.3) is 10.9 Å². The molecule has 1 saturated heterocycles. The number of amides is 1. The number of nitrogens with one attached hydrogen (secondary N) is 3. The highest BCUT2D eigenvalue weighted by Crippen LogP contribution is 2.29. The number of hydrogen-bond donors (Lipinski definition) is 3. The SMILES string of the molecule is CN1CCC(c2ccc(C(=O)Nc3n[nH]c4cc(Nc5ccc(Cl)cc5F)ccc34)cc2)CC1. The molecule has 0 bridgehead atoms. The van der Waals surface area contributed by atoms with Crippen molar-refractivity contribution in [1.29, 1.82) is 0 Å². The molecule has 1 fully saturated rings. The van der Waals surface area contributed by atoms with Crippen molar-refractivity contribution in [1.82, 2.24) is 15.1 Å². The van der Waals surface area contributed by atoms with Gasteiger partial charge in [-0.1, -0.05) is 23.7 Å². The molecule has 0 atom stereocenters. The van der Waals surface area contributed by atoms with Crippen LogP contribution in [0, 0.1) is 5.82 Å². The van der Waals surface area contributed by atoms with Crippen LogP contribution in [0.2, 0.25) is 5.02 Å². The van der Waals surface area contributed by atoms with E-state index in [0.29, 0.717) is 39.2 Å². The molecule has 0 spiro atoms. The van der Waals surface area contributed by atoms with Crippen molar-refractivity contribution in [3.8, 4) is 0 Å². The first kappa shape index (κ1) is 22.4. The van der Waals surface area contributed by atoms with E-state index in [-0.39, 0.29) is 5.91 Å². The third-order valence-corrected chi connectivity index (χ3v) is 6.60. The molecule has 5 rings (SSSR count). The third-order valence-electron chi connectivity index (χ3n) is 6.37. The van der Waals surface area contributed by atoms with Gasteiger partial charge in [-0.15, -0.1) is 0 Å². The Labute approximate surface area is 202 Å². The number of aromatic amines is 1. The average Bonchev–Trinajstić information content (AvgIpc) is 3.23. The summed E-state index contributed by atoms with van der Waals surface area (Å²) in [5.74, 6) is 0.345. The van der Waals surface area contributed by atoms with E-state index >= 15 is 0 Å². The molecule has 2 heterocycles. The first-order chi connectivity index (χ1) is 16.5. The lowest BCUT2D eigenvalue weighted by atomic mass is 9.89. The number of rotatable bonds is 5. The minimum Gasteiger partial charge on any atom is -0.353 e. The van der Waals surface area contributed by atoms with Gasteiger partial charge in [0, 0.05) is 21.7 Å². The van der Waals surface area contributed by atoms with Crippen molar-refractivity contribution in [2.45, 2.75) is 18.8 Å². The van der Waals surface area contributed by atoms with E-state index in [4.69, 9.17) is 11.6 Å². The Hall–Kier alpha value is -3.42. The van der Waals surface area contributed by atoms with Gasteiger partial charge in [-0.2, -0.15) is 5.10 Å². The van der Waals surface area contributed by atoms with Crippen LogP contribution in [0.15, 0.2) is 60.7 Å². The van der Waals surface area contributed by atoms with E-state index < -0.39 is 5.82 Å². The molecule has 3 N–H and O–H groups in total. The molecule has 1 aromatic heterocycles. The molecular formula is C26H25ClFN5O. The first-order valence-corrected chi connectivity index (χ1v) is 11.6. The Morgan fingerprint density at radius 3 is 2.59 bits per heavy atom. The Morgan fingerprint density at radius 1 is 1.09 bits per heavy atom. The highest BCUT2D eigenvalue weighted by molar-refractivity contribution is 6.30. The molecule has 4 aromatic rings. The molecular weight excluding hydrogens is 453 g/mol. The molecule has 0 unspecified atom stereocenters. The van der Waals surface area contributed by atoms with Gasteiger partial charge in [0.15, 0.2) is 5.82 Å². The van der Waals surface area contributed by atoms with E-state index in [2.05, 4.69) is 44.9 Å². The van der Waals surface area contributed by atoms with Crippen molar-refractivity contribution >= 4 is 45.6 Å². The molecule has 1 amide bonds. The molecule has 34 heavy (non-hydrogen) atoms. The predicted molar refractivity (Wildman–Crippen MR) is 135 cm³/mol. The number of nitrogens with zero attached hydrogens (tertiary/aromatic N) is 2. The van der Waals surface area contributed by atoms with Crippen LogP contribution in [0.5, 0.6) is 0 Å². The van der Waals surface area contributed by atoms with E-state index in [9.17, 15) is 9.18 Å². The van der Waals surface area contributed by atoms with Gasteiger partial charge in [0.2, 0.25) is 0 Å². The summed E-state index contributed by atoms with van der Waals surface area (Å²) in [5, 5.41) is 14.2. The number of anilines is 3. The molecule has 1 aliphatic heterocycles. The number of carbonyl (C=O) groups excluding carboxylic acids is 1. The van der Waals surface area contributed by atoms with Crippen LogP contribution in [0.3, 0.4) is 0 Å². The number of H-pyrrole nitrogens is 1. The number of aromatic nitrogens is 2. The maximum atomic E-state index is 14.1. The lowest BCUT2D eigenvalue weighted by Crippen LogP contribution is -2.29. The van der Waals surface area contributed by atoms with E-state index in [1.165, 1.54) is 11.6 Å². The van der Waals surface area contributed by atoms with E-state index in [0.717, 1.165) is 31.3 Å². The van der Waals surface area contributed by atoms with E-state index in [1.807, 2.05) is 24.3 Å². The monoisotopic (exact) mass is 477 g/mol. The van der Waals surface area contributed by atoms with Gasteiger partial charge >= 0.3 is 0 Å². The van der Waals surface area contributed by atoms with Crippen LogP contribution in [0.4, 0.5) is 21.6 Å². The summed E-state index contributed by atoms with van der Waals surface area (Å²) in [5.41, 5.74) is 3.59. The zero-order valence-electron chi connectivity index (χ0n) is 18.7. The van der Waals surface area contributed by atoms with Crippen molar-refractivity contribution in [2.75, 3.05) is 30.8 Å². The summed E-state index contributed by atoms with van der Waals surface area (Å²) in [6, 6.07) is 17.8. The largest absolute Gasteiger partial charge is 0.353 e. The van der Waals surface area contributed by atoms with Gasteiger partial charge < -0.3 is 15.5 Å². The fourth-order valence-corrected chi connectivity index (χ4v) is 4.53. The van der Waals surface area contributed by atoms with Gasteiger partial charge in [-0.3, -0.25) is 9.89 Å². The van der Waals surface area contributed by atoms with Crippen LogP contribution < -0.4 is 10.6 Å². The van der Waals surface area contributed by atoms with Crippen molar-refractivity contribution in [2.24, 2.45) is 0 Å². The van der Waals surface area contributed by atoms with Crippen LogP contribution in [-0.2, 0) is 0 Å². The Balaban J connectivity index is 1.27. The average molecular weight is 478 g/mol. The maximum Gasteiger partial charge on any atom is 0.256 e. The molecule has 3 aromatic carbocycles. The second-order valence-corrected chi connectivity index (χ2v) is 9.17. The quantitative estimate of drug-likeness (QED) is 0.322. The summed E-state index contributed by atoms with van der Waals surface area (Å²) in [6.07, 6.45) is 2.28. The zero-order valence-corrected chi connectivity index (χ0v) is 19.5. The molecule has 8 heteroatoms. The highest BCUT2D eigenvalue weighted by Gasteiger charge is 2.19. The number of benzene rings is 3.